The molecule has 0 heterocycles. The molecule has 4 rings (SSSR count). The number of rotatable bonds is 22. The lowest BCUT2D eigenvalue weighted by Gasteiger charge is -2.25. The van der Waals surface area contributed by atoms with Gasteiger partial charge in [0.2, 0.25) is 0 Å². The van der Waals surface area contributed by atoms with E-state index in [1.165, 1.54) is 24.3 Å². The summed E-state index contributed by atoms with van der Waals surface area (Å²) in [6, 6.07) is 23.6. The third-order valence-corrected chi connectivity index (χ3v) is 10.9. The Kier molecular flexibility index (Phi) is 23.6. The molecule has 0 aliphatic heterocycles. The lowest BCUT2D eigenvalue weighted by Crippen LogP contribution is -2.29. The van der Waals surface area contributed by atoms with E-state index in [4.69, 9.17) is 46.9 Å². The van der Waals surface area contributed by atoms with Gasteiger partial charge in [-0.25, -0.2) is 8.78 Å². The third-order valence-electron chi connectivity index (χ3n) is 10.4. The number of aliphatic hydroxyl groups excluding tert-OH is 1. The maximum atomic E-state index is 14.3. The highest BCUT2D eigenvalue weighted by atomic mass is 35.5. The van der Waals surface area contributed by atoms with Gasteiger partial charge in [-0.3, -0.25) is 19.2 Å². The lowest BCUT2D eigenvalue weighted by atomic mass is 9.86. The normalized spacial score (nSPS) is 13.3. The molecule has 10 nitrogen and oxygen atoms in total. The minimum Gasteiger partial charge on any atom is -0.466 e. The summed E-state index contributed by atoms with van der Waals surface area (Å²) in [5, 5.41) is 10.6. The number of esters is 4. The van der Waals surface area contributed by atoms with Crippen molar-refractivity contribution in [3.8, 4) is 22.3 Å². The molecule has 0 saturated carbocycles. The predicted molar refractivity (Wildman–Crippen MR) is 262 cm³/mol. The summed E-state index contributed by atoms with van der Waals surface area (Å²) in [5.41, 5.74) is 2.87. The van der Waals surface area contributed by atoms with Gasteiger partial charge >= 0.3 is 23.9 Å². The zero-order valence-corrected chi connectivity index (χ0v) is 42.3. The van der Waals surface area contributed by atoms with Gasteiger partial charge in [0.05, 0.1) is 38.3 Å². The summed E-state index contributed by atoms with van der Waals surface area (Å²) >= 11 is 12.0. The van der Waals surface area contributed by atoms with E-state index in [9.17, 15) is 33.1 Å². The van der Waals surface area contributed by atoms with Crippen molar-refractivity contribution < 1.29 is 56.7 Å². The van der Waals surface area contributed by atoms with Crippen LogP contribution in [0.3, 0.4) is 0 Å². The van der Waals surface area contributed by atoms with Crippen LogP contribution in [0.1, 0.15) is 99.1 Å². The average molecular weight is 986 g/mol. The second-order valence-electron chi connectivity index (χ2n) is 18.6. The summed E-state index contributed by atoms with van der Waals surface area (Å²) in [4.78, 5) is 49.9. The summed E-state index contributed by atoms with van der Waals surface area (Å²) < 4.78 is 55.3. The van der Waals surface area contributed by atoms with Crippen molar-refractivity contribution in [3.05, 3.63) is 118 Å². The topological polar surface area (TPSA) is 135 Å². The van der Waals surface area contributed by atoms with E-state index in [0.717, 1.165) is 11.1 Å². The Morgan fingerprint density at radius 1 is 0.574 bits per heavy atom. The molecule has 0 spiro atoms. The van der Waals surface area contributed by atoms with Crippen molar-refractivity contribution in [2.45, 2.75) is 112 Å². The van der Waals surface area contributed by atoms with Crippen LogP contribution in [0.15, 0.2) is 84.9 Å². The van der Waals surface area contributed by atoms with Gasteiger partial charge in [-0.05, 0) is 158 Å². The molecule has 0 bridgehead atoms. The van der Waals surface area contributed by atoms with E-state index in [0.29, 0.717) is 58.2 Å². The number of hydrogen-bond acceptors (Lipinski definition) is 10. The molecular weight excluding hydrogens is 917 g/mol. The Morgan fingerprint density at radius 2 is 0.956 bits per heavy atom. The molecule has 0 aliphatic rings. The molecule has 0 radical (unpaired) electrons. The van der Waals surface area contributed by atoms with Crippen LogP contribution in [0.5, 0.6) is 0 Å². The smallest absolute Gasteiger partial charge is 0.311 e. The lowest BCUT2D eigenvalue weighted by molar-refractivity contribution is -0.158. The summed E-state index contributed by atoms with van der Waals surface area (Å²) in [7, 11) is 0. The molecule has 0 aromatic heterocycles. The van der Waals surface area contributed by atoms with Gasteiger partial charge < -0.3 is 28.8 Å². The van der Waals surface area contributed by atoms with E-state index in [1.54, 1.807) is 58.9 Å². The second kappa shape index (κ2) is 27.9. The highest BCUT2D eigenvalue weighted by Gasteiger charge is 2.29. The van der Waals surface area contributed by atoms with E-state index in [1.807, 2.05) is 64.1 Å². The highest BCUT2D eigenvalue weighted by molar-refractivity contribution is 6.31. The highest BCUT2D eigenvalue weighted by Crippen LogP contribution is 2.31. The van der Waals surface area contributed by atoms with Crippen LogP contribution >= 0.6 is 23.2 Å². The van der Waals surface area contributed by atoms with Crippen LogP contribution in [0.4, 0.5) is 8.78 Å². The zero-order valence-electron chi connectivity index (χ0n) is 40.8. The SMILES string of the molecule is CCOC(=O)[C@H](CO)C[C@H](CC(=O)OC(C)(C)C)Cc1ccc(-c2cc(Cl)ccc2F)cc1.CCOC[C@H](C[C@H](CC(=O)OC(C)(C)C)Cc1ccc(-c2cc(Cl)ccc2F)cc1)C(=O)OCC. The number of halogens is 4. The van der Waals surface area contributed by atoms with Gasteiger partial charge in [0.1, 0.15) is 22.8 Å². The van der Waals surface area contributed by atoms with Crippen LogP contribution in [-0.2, 0) is 55.7 Å². The molecule has 0 saturated heterocycles. The Morgan fingerprint density at radius 3 is 1.31 bits per heavy atom. The minimum atomic E-state index is -0.725. The fourth-order valence-electron chi connectivity index (χ4n) is 7.52. The molecule has 14 heteroatoms. The van der Waals surface area contributed by atoms with Crippen molar-refractivity contribution in [1.29, 1.82) is 0 Å². The maximum absolute atomic E-state index is 14.3. The van der Waals surface area contributed by atoms with Crippen molar-refractivity contribution >= 4 is 47.1 Å². The monoisotopic (exact) mass is 984 g/mol. The first-order valence-electron chi connectivity index (χ1n) is 23.1. The first kappa shape index (κ1) is 57.4. The number of aliphatic hydroxyl groups is 1. The molecule has 0 amide bonds. The summed E-state index contributed by atoms with van der Waals surface area (Å²) in [6.07, 6.45) is 1.97. The van der Waals surface area contributed by atoms with E-state index in [-0.39, 0.29) is 87.1 Å². The molecule has 0 aliphatic carbocycles. The molecule has 68 heavy (non-hydrogen) atoms. The number of carbonyl (C=O) groups is 4. The Hall–Kier alpha value is -4.88. The third kappa shape index (κ3) is 20.8. The molecule has 4 aromatic rings. The Balaban J connectivity index is 0.000000361. The second-order valence-corrected chi connectivity index (χ2v) is 19.4. The van der Waals surface area contributed by atoms with Crippen LogP contribution in [-0.4, -0.2) is 73.2 Å². The fourth-order valence-corrected chi connectivity index (χ4v) is 7.87. The van der Waals surface area contributed by atoms with Crippen LogP contribution in [0, 0.1) is 35.3 Å². The van der Waals surface area contributed by atoms with Crippen molar-refractivity contribution in [2.75, 3.05) is 33.0 Å². The molecule has 0 unspecified atom stereocenters. The van der Waals surface area contributed by atoms with Crippen LogP contribution in [0.2, 0.25) is 10.0 Å². The van der Waals surface area contributed by atoms with Crippen molar-refractivity contribution in [1.82, 2.24) is 0 Å². The molecule has 372 valence electrons. The standard InChI is InChI=1S/C28H36ClFO5.C26H32ClFO5/c1-6-33-18-22(27(32)34-7-2)15-20(16-26(31)35-28(3,4)5)14-19-8-10-21(11-9-19)24-17-23(29)12-13-25(24)30;1-5-32-25(31)20(16-29)13-18(14-24(30)33-26(2,3)4)12-17-6-8-19(9-7-17)22-15-21(27)10-11-23(22)28/h8-13,17,20,22H,6-7,14-16,18H2,1-5H3;6-11,15,18,20,29H,5,12-14,16H2,1-4H3/t20-,22+;18-,20+/m11/s1. The first-order chi connectivity index (χ1) is 32.0. The molecule has 4 aromatic carbocycles. The van der Waals surface area contributed by atoms with Gasteiger partial charge in [0, 0.05) is 40.6 Å². The quantitative estimate of drug-likeness (QED) is 0.0599. The number of benzene rings is 4. The fraction of sp³-hybridized carbons (Fsp3) is 0.481. The summed E-state index contributed by atoms with van der Waals surface area (Å²) in [6.45, 7) is 17.0. The minimum absolute atomic E-state index is 0.0951. The number of ether oxygens (including phenoxy) is 5. The van der Waals surface area contributed by atoms with Gasteiger partial charge in [-0.2, -0.15) is 0 Å². The average Bonchev–Trinajstić information content (AvgIpc) is 3.25. The van der Waals surface area contributed by atoms with Gasteiger partial charge in [0.15, 0.2) is 0 Å². The summed E-state index contributed by atoms with van der Waals surface area (Å²) in [5.74, 6) is -3.86. The molecular formula is C54H68Cl2F2O10. The van der Waals surface area contributed by atoms with Gasteiger partial charge in [0.25, 0.3) is 0 Å². The number of hydrogen-bond donors (Lipinski definition) is 1. The van der Waals surface area contributed by atoms with Crippen LogP contribution < -0.4 is 0 Å². The van der Waals surface area contributed by atoms with Crippen molar-refractivity contribution in [2.24, 2.45) is 23.7 Å². The molecule has 4 atom stereocenters. The van der Waals surface area contributed by atoms with Crippen molar-refractivity contribution in [3.63, 3.8) is 0 Å². The molecule has 1 N–H and O–H groups in total. The largest absolute Gasteiger partial charge is 0.466 e. The Labute approximate surface area is 411 Å². The van der Waals surface area contributed by atoms with E-state index in [2.05, 4.69) is 0 Å². The predicted octanol–water partition coefficient (Wildman–Crippen LogP) is 12.2. The van der Waals surface area contributed by atoms with E-state index >= 15 is 0 Å². The molecule has 0 fully saturated rings. The number of carbonyl (C=O) groups excluding carboxylic acids is 4. The maximum Gasteiger partial charge on any atom is 0.311 e. The zero-order chi connectivity index (χ0) is 50.6. The van der Waals surface area contributed by atoms with Crippen LogP contribution in [0.25, 0.3) is 22.3 Å². The van der Waals surface area contributed by atoms with E-state index < -0.39 is 29.0 Å². The Bertz CT molecular complexity index is 2220. The van der Waals surface area contributed by atoms with Gasteiger partial charge in [-0.15, -0.1) is 0 Å². The van der Waals surface area contributed by atoms with Gasteiger partial charge in [-0.1, -0.05) is 71.7 Å². The first-order valence-corrected chi connectivity index (χ1v) is 23.8.